The lowest BCUT2D eigenvalue weighted by molar-refractivity contribution is 0.0985. The van der Waals surface area contributed by atoms with Crippen LogP contribution >= 0.6 is 0 Å². The lowest BCUT2D eigenvalue weighted by atomic mass is 9.83. The number of hydrogen-bond donors (Lipinski definition) is 0. The quantitative estimate of drug-likeness (QED) is 0.153. The van der Waals surface area contributed by atoms with Crippen molar-refractivity contribution >= 4 is 22.2 Å². The van der Waals surface area contributed by atoms with Gasteiger partial charge in [0.2, 0.25) is 0 Å². The third-order valence-electron chi connectivity index (χ3n) is 8.75. The minimum atomic E-state index is 0.0879. The summed E-state index contributed by atoms with van der Waals surface area (Å²) in [5, 5.41) is 7.30. The zero-order valence-electron chi connectivity index (χ0n) is 25.3. The van der Waals surface area contributed by atoms with Crippen molar-refractivity contribution in [1.29, 1.82) is 0 Å². The summed E-state index contributed by atoms with van der Waals surface area (Å²) in [5.41, 5.74) is 8.63. The standard InChI is InChI=1S/C38H41N3O/c1-5-27-10-9-13-31(24-27)41-37(22-26(2)39-41)38(42)25-29-11-8-12-30(23-29)32(19-18-28-16-17-28)34-20-21-36(40(3)4)35-15-7-6-14-33(34)35/h6-15,20-24,28,32H,5,16-19,25H2,1-4H3. The molecule has 1 aliphatic carbocycles. The molecule has 1 unspecified atom stereocenters. The number of ketones is 1. The SMILES string of the molecule is CCc1cccc(-n2nc(C)cc2C(=O)Cc2cccc(C(CCC3CC3)c3ccc(N(C)C)c4ccccc34)c2)c1. The molecule has 4 nitrogen and oxygen atoms in total. The van der Waals surface area contributed by atoms with Crippen molar-refractivity contribution in [2.45, 2.75) is 58.3 Å². The summed E-state index contributed by atoms with van der Waals surface area (Å²) in [6, 6.07) is 32.4. The van der Waals surface area contributed by atoms with Crippen LogP contribution in [0.25, 0.3) is 16.5 Å². The van der Waals surface area contributed by atoms with Gasteiger partial charge >= 0.3 is 0 Å². The van der Waals surface area contributed by atoms with E-state index in [1.807, 2.05) is 29.8 Å². The maximum absolute atomic E-state index is 13.8. The number of nitrogens with zero attached hydrogens (tertiary/aromatic N) is 3. The Morgan fingerprint density at radius 1 is 0.905 bits per heavy atom. The highest BCUT2D eigenvalue weighted by Crippen LogP contribution is 2.42. The molecule has 1 atom stereocenters. The molecular weight excluding hydrogens is 514 g/mol. The highest BCUT2D eigenvalue weighted by Gasteiger charge is 2.26. The molecule has 0 aliphatic heterocycles. The second-order valence-corrected chi connectivity index (χ2v) is 12.1. The third-order valence-corrected chi connectivity index (χ3v) is 8.75. The van der Waals surface area contributed by atoms with Crippen molar-refractivity contribution in [1.82, 2.24) is 9.78 Å². The number of benzene rings is 4. The lowest BCUT2D eigenvalue weighted by Crippen LogP contribution is -2.12. The molecule has 4 aromatic carbocycles. The van der Waals surface area contributed by atoms with Gasteiger partial charge in [-0.15, -0.1) is 0 Å². The number of aromatic nitrogens is 2. The van der Waals surface area contributed by atoms with Gasteiger partial charge in [-0.25, -0.2) is 4.68 Å². The van der Waals surface area contributed by atoms with E-state index in [0.29, 0.717) is 12.1 Å². The molecule has 4 heteroatoms. The molecule has 6 rings (SSSR count). The fourth-order valence-corrected chi connectivity index (χ4v) is 6.31. The molecule has 0 N–H and O–H groups in total. The van der Waals surface area contributed by atoms with Crippen LogP contribution in [0.3, 0.4) is 0 Å². The van der Waals surface area contributed by atoms with Crippen molar-refractivity contribution in [3.63, 3.8) is 0 Å². The minimum Gasteiger partial charge on any atom is -0.377 e. The number of carbonyl (C=O) groups excluding carboxylic acids is 1. The second-order valence-electron chi connectivity index (χ2n) is 12.1. The first-order valence-electron chi connectivity index (χ1n) is 15.4. The fourth-order valence-electron chi connectivity index (χ4n) is 6.31. The molecule has 214 valence electrons. The van der Waals surface area contributed by atoms with Gasteiger partial charge in [0.05, 0.1) is 11.4 Å². The highest BCUT2D eigenvalue weighted by atomic mass is 16.1. The number of rotatable bonds is 11. The average Bonchev–Trinajstić information content (AvgIpc) is 3.75. The van der Waals surface area contributed by atoms with Gasteiger partial charge in [0.25, 0.3) is 0 Å². The summed E-state index contributed by atoms with van der Waals surface area (Å²) in [6.07, 6.45) is 6.37. The molecule has 0 radical (unpaired) electrons. The van der Waals surface area contributed by atoms with Crippen molar-refractivity contribution < 1.29 is 4.79 Å². The van der Waals surface area contributed by atoms with Crippen LogP contribution in [-0.2, 0) is 12.8 Å². The Balaban J connectivity index is 1.33. The zero-order chi connectivity index (χ0) is 29.2. The number of hydrogen-bond acceptors (Lipinski definition) is 3. The number of aryl methyl sites for hydroxylation is 2. The van der Waals surface area contributed by atoms with E-state index in [4.69, 9.17) is 5.10 Å². The van der Waals surface area contributed by atoms with E-state index >= 15 is 0 Å². The Labute approximate surface area is 250 Å². The predicted octanol–water partition coefficient (Wildman–Crippen LogP) is 8.71. The van der Waals surface area contributed by atoms with E-state index in [1.165, 1.54) is 52.4 Å². The van der Waals surface area contributed by atoms with Gasteiger partial charge in [0.1, 0.15) is 5.69 Å². The van der Waals surface area contributed by atoms with Crippen LogP contribution in [0.1, 0.15) is 77.0 Å². The number of carbonyl (C=O) groups is 1. The van der Waals surface area contributed by atoms with Gasteiger partial charge in [0, 0.05) is 37.5 Å². The Hall–Kier alpha value is -4.18. The van der Waals surface area contributed by atoms with Crippen molar-refractivity contribution in [3.8, 4) is 5.69 Å². The van der Waals surface area contributed by atoms with E-state index in [9.17, 15) is 4.79 Å². The fraction of sp³-hybridized carbons (Fsp3) is 0.316. The predicted molar refractivity (Wildman–Crippen MR) is 174 cm³/mol. The number of fused-ring (bicyclic) bond motifs is 1. The van der Waals surface area contributed by atoms with E-state index in [2.05, 4.69) is 98.7 Å². The van der Waals surface area contributed by atoms with Gasteiger partial charge in [-0.3, -0.25) is 4.79 Å². The van der Waals surface area contributed by atoms with Gasteiger partial charge in [-0.05, 0) is 84.0 Å². The van der Waals surface area contributed by atoms with E-state index in [0.717, 1.165) is 35.7 Å². The largest absolute Gasteiger partial charge is 0.377 e. The van der Waals surface area contributed by atoms with Gasteiger partial charge in [-0.1, -0.05) is 86.5 Å². The van der Waals surface area contributed by atoms with E-state index in [-0.39, 0.29) is 11.7 Å². The Bertz CT molecular complexity index is 1730. The molecule has 5 aromatic rings. The molecule has 1 saturated carbocycles. The Morgan fingerprint density at radius 3 is 2.43 bits per heavy atom. The van der Waals surface area contributed by atoms with Crippen LogP contribution in [0.5, 0.6) is 0 Å². The monoisotopic (exact) mass is 555 g/mol. The Morgan fingerprint density at radius 2 is 1.67 bits per heavy atom. The summed E-state index contributed by atoms with van der Waals surface area (Å²) < 4.78 is 1.82. The van der Waals surface area contributed by atoms with E-state index in [1.54, 1.807) is 0 Å². The first-order chi connectivity index (χ1) is 20.4. The van der Waals surface area contributed by atoms with Gasteiger partial charge in [-0.2, -0.15) is 5.10 Å². The molecule has 1 aromatic heterocycles. The first kappa shape index (κ1) is 28.0. The molecule has 1 fully saturated rings. The molecule has 42 heavy (non-hydrogen) atoms. The summed E-state index contributed by atoms with van der Waals surface area (Å²) in [5.74, 6) is 1.23. The first-order valence-corrected chi connectivity index (χ1v) is 15.4. The average molecular weight is 556 g/mol. The molecule has 0 amide bonds. The topological polar surface area (TPSA) is 38.1 Å². The molecule has 0 saturated heterocycles. The van der Waals surface area contributed by atoms with Crippen LogP contribution in [0.2, 0.25) is 0 Å². The smallest absolute Gasteiger partial charge is 0.185 e. The van der Waals surface area contributed by atoms with Gasteiger partial charge in [0.15, 0.2) is 5.78 Å². The third kappa shape index (κ3) is 5.90. The number of anilines is 1. The summed E-state index contributed by atoms with van der Waals surface area (Å²) >= 11 is 0. The summed E-state index contributed by atoms with van der Waals surface area (Å²) in [7, 11) is 4.22. The molecular formula is C38H41N3O. The maximum atomic E-state index is 13.8. The summed E-state index contributed by atoms with van der Waals surface area (Å²) in [4.78, 5) is 16.0. The van der Waals surface area contributed by atoms with Crippen LogP contribution in [0.15, 0.2) is 91.0 Å². The van der Waals surface area contributed by atoms with Crippen LogP contribution in [-0.4, -0.2) is 29.7 Å². The molecule has 1 aliphatic rings. The van der Waals surface area contributed by atoms with E-state index < -0.39 is 0 Å². The number of Topliss-reactive ketones (excluding diaryl/α,β-unsaturated/α-hetero) is 1. The van der Waals surface area contributed by atoms with Crippen LogP contribution < -0.4 is 4.90 Å². The maximum Gasteiger partial charge on any atom is 0.185 e. The lowest BCUT2D eigenvalue weighted by Gasteiger charge is -2.23. The van der Waals surface area contributed by atoms with Crippen molar-refractivity contribution in [2.24, 2.45) is 5.92 Å². The normalized spacial score (nSPS) is 13.8. The van der Waals surface area contributed by atoms with Crippen LogP contribution in [0, 0.1) is 12.8 Å². The Kier molecular flexibility index (Phi) is 7.97. The summed E-state index contributed by atoms with van der Waals surface area (Å²) in [6.45, 7) is 4.10. The zero-order valence-corrected chi connectivity index (χ0v) is 25.3. The molecule has 0 spiro atoms. The van der Waals surface area contributed by atoms with Crippen molar-refractivity contribution in [2.75, 3.05) is 19.0 Å². The molecule has 1 heterocycles. The highest BCUT2D eigenvalue weighted by molar-refractivity contribution is 5.97. The van der Waals surface area contributed by atoms with Crippen molar-refractivity contribution in [3.05, 3.63) is 125 Å². The minimum absolute atomic E-state index is 0.0879. The van der Waals surface area contributed by atoms with Gasteiger partial charge < -0.3 is 4.90 Å². The second kappa shape index (κ2) is 12.0. The van der Waals surface area contributed by atoms with Crippen LogP contribution in [0.4, 0.5) is 5.69 Å². The molecule has 0 bridgehead atoms.